The molecule has 2 N–H and O–H groups in total. The Hall–Kier alpha value is -3.16. The molecule has 0 amide bonds. The van der Waals surface area contributed by atoms with Gasteiger partial charge in [-0.3, -0.25) is 4.99 Å². The van der Waals surface area contributed by atoms with Crippen LogP contribution in [0.5, 0.6) is 0 Å². The largest absolute Gasteiger partial charge is 0.461 e. The van der Waals surface area contributed by atoms with Gasteiger partial charge in [0, 0.05) is 48.7 Å². The molecule has 3 heterocycles. The fraction of sp³-hybridized carbons (Fsp3) is 0.429. The first-order valence-corrected chi connectivity index (χ1v) is 9.85. The van der Waals surface area contributed by atoms with Crippen molar-refractivity contribution in [2.75, 3.05) is 24.6 Å². The maximum atomic E-state index is 12.2. The molecule has 0 atom stereocenters. The summed E-state index contributed by atoms with van der Waals surface area (Å²) in [5, 5.41) is 4.31. The summed E-state index contributed by atoms with van der Waals surface area (Å²) in [6.07, 6.45) is 4.25. The number of nitrogens with two attached hydrogens (primary N) is 1. The molecule has 0 unspecified atom stereocenters. The number of pyridine rings is 1. The first kappa shape index (κ1) is 20.6. The third kappa shape index (κ3) is 4.64. The molecule has 8 nitrogen and oxygen atoms in total. The average molecular weight is 396 g/mol. The topological polar surface area (TPSA) is 98.6 Å². The Morgan fingerprint density at radius 3 is 2.72 bits per heavy atom. The summed E-state index contributed by atoms with van der Waals surface area (Å²) < 4.78 is 6.94. The van der Waals surface area contributed by atoms with Crippen LogP contribution >= 0.6 is 0 Å². The van der Waals surface area contributed by atoms with Crippen molar-refractivity contribution in [3.8, 4) is 5.69 Å². The van der Waals surface area contributed by atoms with Crippen LogP contribution in [0, 0.1) is 6.92 Å². The van der Waals surface area contributed by atoms with Crippen molar-refractivity contribution in [3.63, 3.8) is 0 Å². The molecule has 0 radical (unpaired) electrons. The highest BCUT2D eigenvalue weighted by Gasteiger charge is 2.26. The Morgan fingerprint density at radius 1 is 1.34 bits per heavy atom. The normalized spacial score (nSPS) is 17.7. The number of hydrogen-bond donors (Lipinski definition) is 1. The molecular weight excluding hydrogens is 368 g/mol. The van der Waals surface area contributed by atoms with Crippen LogP contribution in [0.3, 0.4) is 0 Å². The lowest BCUT2D eigenvalue weighted by molar-refractivity contribution is -0.138. The molecule has 0 bridgehead atoms. The smallest absolute Gasteiger partial charge is 0.354 e. The summed E-state index contributed by atoms with van der Waals surface area (Å²) in [5.41, 5.74) is 9.81. The van der Waals surface area contributed by atoms with Crippen LogP contribution in [0.2, 0.25) is 0 Å². The molecule has 3 rings (SSSR count). The van der Waals surface area contributed by atoms with Gasteiger partial charge in [0.1, 0.15) is 11.5 Å². The number of aryl methyl sites for hydroxylation is 1. The number of aromatic nitrogens is 3. The lowest BCUT2D eigenvalue weighted by atomic mass is 9.99. The van der Waals surface area contributed by atoms with Gasteiger partial charge in [0.05, 0.1) is 18.5 Å². The number of nitrogens with zero attached hydrogens (tertiary/aromatic N) is 5. The molecule has 1 fully saturated rings. The van der Waals surface area contributed by atoms with Gasteiger partial charge >= 0.3 is 5.97 Å². The van der Waals surface area contributed by atoms with Crippen molar-refractivity contribution in [1.29, 1.82) is 0 Å². The third-order valence-electron chi connectivity index (χ3n) is 4.68. The van der Waals surface area contributed by atoms with E-state index in [0.29, 0.717) is 13.0 Å². The molecule has 8 heteroatoms. The van der Waals surface area contributed by atoms with Gasteiger partial charge in [-0.1, -0.05) is 0 Å². The van der Waals surface area contributed by atoms with Crippen molar-refractivity contribution in [2.24, 2.45) is 10.7 Å². The lowest BCUT2D eigenvalue weighted by Gasteiger charge is -2.31. The van der Waals surface area contributed by atoms with Gasteiger partial charge in [-0.15, -0.1) is 0 Å². The van der Waals surface area contributed by atoms with Crippen LogP contribution in [-0.2, 0) is 9.53 Å². The fourth-order valence-electron chi connectivity index (χ4n) is 3.31. The molecular formula is C21H28N6O2. The Labute approximate surface area is 171 Å². The van der Waals surface area contributed by atoms with Gasteiger partial charge in [-0.25, -0.2) is 14.5 Å². The molecule has 1 saturated heterocycles. The number of ether oxygens (including phenoxy) is 1. The highest BCUT2D eigenvalue weighted by molar-refractivity contribution is 6.08. The van der Waals surface area contributed by atoms with Gasteiger partial charge in [0.15, 0.2) is 0 Å². The second-order valence-electron chi connectivity index (χ2n) is 7.21. The van der Waals surface area contributed by atoms with Gasteiger partial charge in [-0.2, -0.15) is 5.10 Å². The van der Waals surface area contributed by atoms with E-state index in [2.05, 4.69) is 20.0 Å². The Bertz CT molecular complexity index is 927. The summed E-state index contributed by atoms with van der Waals surface area (Å²) in [4.78, 5) is 23.6. The van der Waals surface area contributed by atoms with Crippen LogP contribution in [0.1, 0.15) is 32.9 Å². The van der Waals surface area contributed by atoms with Crippen molar-refractivity contribution in [3.05, 3.63) is 47.6 Å². The molecule has 1 aliphatic rings. The average Bonchev–Trinajstić information content (AvgIpc) is 3.13. The van der Waals surface area contributed by atoms with E-state index < -0.39 is 5.97 Å². The van der Waals surface area contributed by atoms with Gasteiger partial charge < -0.3 is 15.4 Å². The van der Waals surface area contributed by atoms with Crippen LogP contribution in [0.15, 0.2) is 46.9 Å². The fourth-order valence-corrected chi connectivity index (χ4v) is 3.31. The summed E-state index contributed by atoms with van der Waals surface area (Å²) in [5.74, 6) is 0.314. The molecule has 0 aromatic carbocycles. The number of esters is 1. The SMILES string of the molecule is CCOC(=O)/C(N)=C1\CN(c2ccc(-n3nccc3C)cn2)CCC1=NC(C)C. The zero-order valence-electron chi connectivity index (χ0n) is 17.4. The Kier molecular flexibility index (Phi) is 6.31. The summed E-state index contributed by atoms with van der Waals surface area (Å²) in [7, 11) is 0. The molecule has 2 aromatic heterocycles. The van der Waals surface area contributed by atoms with Crippen LogP contribution in [0.4, 0.5) is 5.82 Å². The van der Waals surface area contributed by atoms with Crippen molar-refractivity contribution >= 4 is 17.5 Å². The van der Waals surface area contributed by atoms with E-state index in [-0.39, 0.29) is 18.3 Å². The van der Waals surface area contributed by atoms with Gasteiger partial charge in [0.2, 0.25) is 0 Å². The zero-order valence-corrected chi connectivity index (χ0v) is 17.4. The van der Waals surface area contributed by atoms with E-state index in [0.717, 1.165) is 35.0 Å². The monoisotopic (exact) mass is 396 g/mol. The number of hydrogen-bond acceptors (Lipinski definition) is 7. The quantitative estimate of drug-likeness (QED) is 0.616. The first-order valence-electron chi connectivity index (χ1n) is 9.85. The van der Waals surface area contributed by atoms with Crippen LogP contribution in [0.25, 0.3) is 5.69 Å². The van der Waals surface area contributed by atoms with E-state index in [1.165, 1.54) is 0 Å². The van der Waals surface area contributed by atoms with E-state index in [1.807, 2.05) is 43.7 Å². The number of carbonyl (C=O) groups is 1. The lowest BCUT2D eigenvalue weighted by Crippen LogP contribution is -2.39. The van der Waals surface area contributed by atoms with Crippen LogP contribution < -0.4 is 10.6 Å². The minimum absolute atomic E-state index is 0.122. The standard InChI is InChI=1S/C21H28N6O2/c1-5-29-21(28)20(22)17-13-26(11-9-18(17)25-14(2)3)19-7-6-16(12-23-19)27-15(4)8-10-24-27/h6-8,10,12,14H,5,9,11,13,22H2,1-4H3/b20-17-,25-18?. The summed E-state index contributed by atoms with van der Waals surface area (Å²) in [6.45, 7) is 9.27. The first-order chi connectivity index (χ1) is 13.9. The predicted octanol–water partition coefficient (Wildman–Crippen LogP) is 2.41. The summed E-state index contributed by atoms with van der Waals surface area (Å²) in [6, 6.07) is 6.01. The van der Waals surface area contributed by atoms with E-state index in [4.69, 9.17) is 10.5 Å². The molecule has 0 spiro atoms. The number of piperidine rings is 1. The van der Waals surface area contributed by atoms with Crippen molar-refractivity contribution < 1.29 is 9.53 Å². The maximum absolute atomic E-state index is 12.2. The minimum atomic E-state index is -0.502. The Morgan fingerprint density at radius 2 is 2.14 bits per heavy atom. The molecule has 0 aliphatic carbocycles. The minimum Gasteiger partial charge on any atom is -0.461 e. The van der Waals surface area contributed by atoms with E-state index >= 15 is 0 Å². The molecule has 2 aromatic rings. The second-order valence-corrected chi connectivity index (χ2v) is 7.21. The maximum Gasteiger partial charge on any atom is 0.354 e. The molecule has 154 valence electrons. The van der Waals surface area contributed by atoms with Gasteiger partial charge in [0.25, 0.3) is 0 Å². The van der Waals surface area contributed by atoms with E-state index in [9.17, 15) is 4.79 Å². The number of aliphatic imine (C=N–C) groups is 1. The van der Waals surface area contributed by atoms with Crippen LogP contribution in [-0.4, -0.2) is 52.2 Å². The third-order valence-corrected chi connectivity index (χ3v) is 4.68. The Balaban J connectivity index is 1.87. The van der Waals surface area contributed by atoms with Crippen molar-refractivity contribution in [1.82, 2.24) is 14.8 Å². The number of carbonyl (C=O) groups excluding carboxylic acids is 1. The number of rotatable bonds is 5. The highest BCUT2D eigenvalue weighted by Crippen LogP contribution is 2.23. The second kappa shape index (κ2) is 8.89. The highest BCUT2D eigenvalue weighted by atomic mass is 16.5. The summed E-state index contributed by atoms with van der Waals surface area (Å²) >= 11 is 0. The predicted molar refractivity (Wildman–Crippen MR) is 113 cm³/mol. The zero-order chi connectivity index (χ0) is 21.0. The van der Waals surface area contributed by atoms with Gasteiger partial charge in [-0.05, 0) is 45.9 Å². The van der Waals surface area contributed by atoms with E-state index in [1.54, 1.807) is 19.3 Å². The molecule has 1 aliphatic heterocycles. The number of anilines is 1. The molecule has 29 heavy (non-hydrogen) atoms. The van der Waals surface area contributed by atoms with Crippen molar-refractivity contribution in [2.45, 2.75) is 40.2 Å². The molecule has 0 saturated carbocycles.